The molecule has 3 aromatic rings. The van der Waals surface area contributed by atoms with Gasteiger partial charge in [0, 0.05) is 10.7 Å². The Morgan fingerprint density at radius 1 is 0.969 bits per heavy atom. The predicted octanol–water partition coefficient (Wildman–Crippen LogP) is 5.19. The summed E-state index contributed by atoms with van der Waals surface area (Å²) in [5.74, 6) is -0.658. The molecule has 0 fully saturated rings. The van der Waals surface area contributed by atoms with Crippen LogP contribution in [0.2, 0.25) is 5.02 Å². The Kier molecular flexibility index (Phi) is 5.97. The van der Waals surface area contributed by atoms with Crippen LogP contribution in [0.5, 0.6) is 5.75 Å². The number of nitrogens with one attached hydrogen (secondary N) is 1. The van der Waals surface area contributed by atoms with E-state index in [0.29, 0.717) is 27.6 Å². The molecule has 0 unspecified atom stereocenters. The van der Waals surface area contributed by atoms with E-state index < -0.39 is 11.8 Å². The van der Waals surface area contributed by atoms with Crippen molar-refractivity contribution in [1.82, 2.24) is 4.90 Å². The number of hydrogen-bond donors (Lipinski definition) is 1. The Hall–Kier alpha value is -3.64. The van der Waals surface area contributed by atoms with Gasteiger partial charge in [-0.25, -0.2) is 4.39 Å². The normalized spacial score (nSPS) is 13.7. The van der Waals surface area contributed by atoms with Gasteiger partial charge in [-0.15, -0.1) is 0 Å². The van der Waals surface area contributed by atoms with Gasteiger partial charge in [-0.2, -0.15) is 0 Å². The van der Waals surface area contributed by atoms with E-state index in [4.69, 9.17) is 16.3 Å². The fourth-order valence-corrected chi connectivity index (χ4v) is 3.67. The summed E-state index contributed by atoms with van der Waals surface area (Å²) in [7, 11) is 1.55. The predicted molar refractivity (Wildman–Crippen MR) is 122 cm³/mol. The molecule has 1 N–H and O–H groups in total. The molecule has 0 aromatic heterocycles. The lowest BCUT2D eigenvalue weighted by Gasteiger charge is -2.16. The number of methoxy groups -OCH3 is 1. The molecule has 0 spiro atoms. The van der Waals surface area contributed by atoms with Gasteiger partial charge in [0.1, 0.15) is 17.3 Å². The molecule has 5 nitrogen and oxygen atoms in total. The van der Waals surface area contributed by atoms with Gasteiger partial charge >= 0.3 is 0 Å². The molecule has 1 heterocycles. The molecule has 32 heavy (non-hydrogen) atoms. The van der Waals surface area contributed by atoms with Crippen LogP contribution < -0.4 is 10.1 Å². The summed E-state index contributed by atoms with van der Waals surface area (Å²) >= 11 is 6.14. The first kappa shape index (κ1) is 21.6. The fraction of sp³-hybridized carbons (Fsp3) is 0.120. The summed E-state index contributed by atoms with van der Waals surface area (Å²) in [6.45, 7) is 1.90. The van der Waals surface area contributed by atoms with Crippen molar-refractivity contribution in [3.05, 3.63) is 100.0 Å². The van der Waals surface area contributed by atoms with Crippen molar-refractivity contribution in [3.63, 3.8) is 0 Å². The van der Waals surface area contributed by atoms with Gasteiger partial charge in [0.15, 0.2) is 0 Å². The van der Waals surface area contributed by atoms with Gasteiger partial charge in [0.2, 0.25) is 0 Å². The summed E-state index contributed by atoms with van der Waals surface area (Å²) in [6, 6.07) is 17.9. The summed E-state index contributed by atoms with van der Waals surface area (Å²) in [4.78, 5) is 27.9. The minimum atomic E-state index is -0.468. The van der Waals surface area contributed by atoms with Crippen molar-refractivity contribution in [3.8, 4) is 5.75 Å². The van der Waals surface area contributed by atoms with Gasteiger partial charge in [-0.1, -0.05) is 41.9 Å². The minimum absolute atomic E-state index is 0.0251. The molecule has 1 aliphatic rings. The molecule has 0 atom stereocenters. The summed E-state index contributed by atoms with van der Waals surface area (Å²) in [5, 5.41) is 3.63. The SMILES string of the molecule is COc1ccc(C2=C(Nc3cc(Cl)ccc3C)C(=O)N(Cc3ccc(F)cc3)C2=O)cc1. The molecular formula is C25H20ClFN2O3. The maximum absolute atomic E-state index is 13.4. The highest BCUT2D eigenvalue weighted by atomic mass is 35.5. The van der Waals surface area contributed by atoms with Gasteiger partial charge < -0.3 is 10.1 Å². The second kappa shape index (κ2) is 8.85. The Morgan fingerprint density at radius 3 is 2.31 bits per heavy atom. The summed E-state index contributed by atoms with van der Waals surface area (Å²) in [6.07, 6.45) is 0. The number of nitrogens with zero attached hydrogens (tertiary/aromatic N) is 1. The first-order chi connectivity index (χ1) is 15.4. The average molecular weight is 451 g/mol. The standard InChI is InChI=1S/C25H20ClFN2O3/c1-15-3-8-18(26)13-21(15)28-23-22(17-6-11-20(32-2)12-7-17)24(30)29(25(23)31)14-16-4-9-19(27)10-5-16/h3-13,28H,14H2,1-2H3. The third-order valence-corrected chi connectivity index (χ3v) is 5.50. The van der Waals surface area contributed by atoms with Crippen LogP contribution in [-0.4, -0.2) is 23.8 Å². The zero-order valence-corrected chi connectivity index (χ0v) is 18.2. The van der Waals surface area contributed by atoms with Crippen molar-refractivity contribution in [2.45, 2.75) is 13.5 Å². The van der Waals surface area contributed by atoms with Crippen LogP contribution in [0.3, 0.4) is 0 Å². The summed E-state index contributed by atoms with van der Waals surface area (Å²) < 4.78 is 18.5. The molecule has 7 heteroatoms. The Balaban J connectivity index is 1.76. The monoisotopic (exact) mass is 450 g/mol. The van der Waals surface area contributed by atoms with E-state index >= 15 is 0 Å². The van der Waals surface area contributed by atoms with E-state index in [0.717, 1.165) is 10.5 Å². The molecule has 0 radical (unpaired) electrons. The molecule has 0 saturated carbocycles. The van der Waals surface area contributed by atoms with Crippen molar-refractivity contribution < 1.29 is 18.7 Å². The number of halogens is 2. The molecule has 1 aliphatic heterocycles. The number of anilines is 1. The third kappa shape index (κ3) is 4.22. The number of benzene rings is 3. The number of carbonyl (C=O) groups is 2. The zero-order chi connectivity index (χ0) is 22.8. The molecule has 0 saturated heterocycles. The van der Waals surface area contributed by atoms with Crippen LogP contribution in [0, 0.1) is 12.7 Å². The van der Waals surface area contributed by atoms with Crippen molar-refractivity contribution in [2.24, 2.45) is 0 Å². The number of ether oxygens (including phenoxy) is 1. The lowest BCUT2D eigenvalue weighted by molar-refractivity contribution is -0.137. The number of imide groups is 1. The van der Waals surface area contributed by atoms with E-state index in [2.05, 4.69) is 5.32 Å². The average Bonchev–Trinajstić information content (AvgIpc) is 3.02. The van der Waals surface area contributed by atoms with E-state index in [-0.39, 0.29) is 23.6 Å². The van der Waals surface area contributed by atoms with Crippen LogP contribution in [0.25, 0.3) is 5.57 Å². The highest BCUT2D eigenvalue weighted by Gasteiger charge is 2.39. The molecule has 2 amide bonds. The molecule has 4 rings (SSSR count). The van der Waals surface area contributed by atoms with Crippen molar-refractivity contribution in [1.29, 1.82) is 0 Å². The number of aryl methyl sites for hydroxylation is 1. The molecular weight excluding hydrogens is 431 g/mol. The second-order valence-electron chi connectivity index (χ2n) is 7.39. The van der Waals surface area contributed by atoms with Gasteiger partial charge in [-0.05, 0) is 60.0 Å². The topological polar surface area (TPSA) is 58.6 Å². The van der Waals surface area contributed by atoms with Gasteiger partial charge in [-0.3, -0.25) is 14.5 Å². The van der Waals surface area contributed by atoms with E-state index in [9.17, 15) is 14.0 Å². The largest absolute Gasteiger partial charge is 0.497 e. The molecule has 3 aromatic carbocycles. The second-order valence-corrected chi connectivity index (χ2v) is 7.82. The Bertz CT molecular complexity index is 1220. The third-order valence-electron chi connectivity index (χ3n) is 5.26. The smallest absolute Gasteiger partial charge is 0.278 e. The lowest BCUT2D eigenvalue weighted by atomic mass is 10.0. The first-order valence-corrected chi connectivity index (χ1v) is 10.3. The fourth-order valence-electron chi connectivity index (χ4n) is 3.50. The zero-order valence-electron chi connectivity index (χ0n) is 17.5. The van der Waals surface area contributed by atoms with Crippen LogP contribution in [0.4, 0.5) is 10.1 Å². The molecule has 0 aliphatic carbocycles. The van der Waals surface area contributed by atoms with Crippen molar-refractivity contribution >= 4 is 34.7 Å². The Morgan fingerprint density at radius 2 is 1.66 bits per heavy atom. The number of amides is 2. The van der Waals surface area contributed by atoms with E-state index in [1.165, 1.54) is 12.1 Å². The highest BCUT2D eigenvalue weighted by Crippen LogP contribution is 2.33. The van der Waals surface area contributed by atoms with Crippen LogP contribution in [-0.2, 0) is 16.1 Å². The number of carbonyl (C=O) groups excluding carboxylic acids is 2. The van der Waals surface area contributed by atoms with Crippen LogP contribution in [0.1, 0.15) is 16.7 Å². The summed E-state index contributed by atoms with van der Waals surface area (Å²) in [5.41, 5.74) is 3.12. The minimum Gasteiger partial charge on any atom is -0.497 e. The van der Waals surface area contributed by atoms with E-state index in [1.807, 2.05) is 13.0 Å². The van der Waals surface area contributed by atoms with Gasteiger partial charge in [0.25, 0.3) is 11.8 Å². The maximum Gasteiger partial charge on any atom is 0.278 e. The maximum atomic E-state index is 13.4. The van der Waals surface area contributed by atoms with E-state index in [1.54, 1.807) is 55.6 Å². The van der Waals surface area contributed by atoms with Gasteiger partial charge in [0.05, 0.1) is 19.2 Å². The number of rotatable bonds is 6. The van der Waals surface area contributed by atoms with Crippen molar-refractivity contribution in [2.75, 3.05) is 12.4 Å². The Labute approximate surface area is 190 Å². The van der Waals surface area contributed by atoms with Crippen LogP contribution >= 0.6 is 11.6 Å². The molecule has 0 bridgehead atoms. The first-order valence-electron chi connectivity index (χ1n) is 9.90. The lowest BCUT2D eigenvalue weighted by Crippen LogP contribution is -2.32. The highest BCUT2D eigenvalue weighted by molar-refractivity contribution is 6.36. The molecule has 162 valence electrons. The van der Waals surface area contributed by atoms with Crippen LogP contribution in [0.15, 0.2) is 72.4 Å². The number of hydrogen-bond acceptors (Lipinski definition) is 4. The quantitative estimate of drug-likeness (QED) is 0.525.